The first-order valence-corrected chi connectivity index (χ1v) is 12.9. The van der Waals surface area contributed by atoms with Gasteiger partial charge in [-0.25, -0.2) is 9.59 Å². The zero-order valence-electron chi connectivity index (χ0n) is 22.8. The van der Waals surface area contributed by atoms with Crippen molar-refractivity contribution in [2.24, 2.45) is 0 Å². The lowest BCUT2D eigenvalue weighted by molar-refractivity contribution is -0.145. The van der Waals surface area contributed by atoms with Crippen LogP contribution in [0.4, 0.5) is 4.79 Å². The summed E-state index contributed by atoms with van der Waals surface area (Å²) in [5.74, 6) is -2.43. The van der Waals surface area contributed by atoms with Crippen LogP contribution in [0.2, 0.25) is 0 Å². The Bertz CT molecular complexity index is 1460. The number of fused-ring (bicyclic) bond motifs is 5. The summed E-state index contributed by atoms with van der Waals surface area (Å²) in [6.07, 6.45) is -0.789. The highest BCUT2D eigenvalue weighted by molar-refractivity contribution is 5.94. The number of amides is 3. The van der Waals surface area contributed by atoms with Crippen LogP contribution in [0.25, 0.3) is 11.1 Å². The van der Waals surface area contributed by atoms with Crippen LogP contribution in [0.5, 0.6) is 11.5 Å². The molecule has 1 heterocycles. The standard InChI is InChI=1S/C30H31N3O8/c1-17-27(36)32-23(29(38)40-3)14-19-9-11-24(34)21(13-19)22-15-20(10-12-25(22)35)26(28(37)31-17)33(2)30(39)41-16-18-7-5-4-6-8-18/h4-13,15,17,23,26,34-35H,14,16H2,1-3H3,(H,31,37)(H,32,36)/t17-,23-,26-/m0/s1. The van der Waals surface area contributed by atoms with Crippen LogP contribution in [0, 0.1) is 0 Å². The second kappa shape index (κ2) is 12.4. The fourth-order valence-electron chi connectivity index (χ4n) is 4.57. The number of phenols is 2. The smallest absolute Gasteiger partial charge is 0.410 e. The molecular formula is C30H31N3O8. The average molecular weight is 562 g/mol. The molecule has 0 saturated carbocycles. The number of nitrogens with zero attached hydrogens (tertiary/aromatic N) is 1. The van der Waals surface area contributed by atoms with E-state index in [0.29, 0.717) is 5.56 Å². The third-order valence-electron chi connectivity index (χ3n) is 6.81. The summed E-state index contributed by atoms with van der Waals surface area (Å²) < 4.78 is 10.3. The minimum absolute atomic E-state index is 0.0193. The highest BCUT2D eigenvalue weighted by Crippen LogP contribution is 2.38. The van der Waals surface area contributed by atoms with E-state index < -0.39 is 42.0 Å². The maximum absolute atomic E-state index is 13.6. The highest BCUT2D eigenvalue weighted by Gasteiger charge is 2.34. The SMILES string of the molecule is COC(=O)[C@@H]1Cc2ccc(O)c(c2)-c2cc(ccc2O)[C@H](N(C)C(=O)OCc2ccccc2)C(=O)N[C@@H](C)C(=O)N1. The summed E-state index contributed by atoms with van der Waals surface area (Å²) in [5.41, 5.74) is 2.00. The molecule has 0 radical (unpaired) electrons. The van der Waals surface area contributed by atoms with E-state index in [2.05, 4.69) is 10.6 Å². The lowest BCUT2D eigenvalue weighted by atomic mass is 9.94. The predicted molar refractivity (Wildman–Crippen MR) is 148 cm³/mol. The number of ether oxygens (including phenoxy) is 2. The van der Waals surface area contributed by atoms with Crippen LogP contribution >= 0.6 is 0 Å². The van der Waals surface area contributed by atoms with E-state index in [1.54, 1.807) is 36.4 Å². The Morgan fingerprint density at radius 3 is 2.27 bits per heavy atom. The number of carbonyl (C=O) groups is 4. The van der Waals surface area contributed by atoms with Crippen molar-refractivity contribution in [3.05, 3.63) is 83.4 Å². The molecule has 1 aliphatic rings. The lowest BCUT2D eigenvalue weighted by Crippen LogP contribution is -2.53. The number of esters is 1. The molecule has 0 aliphatic carbocycles. The van der Waals surface area contributed by atoms with Crippen molar-refractivity contribution in [3.8, 4) is 22.6 Å². The maximum atomic E-state index is 13.6. The van der Waals surface area contributed by atoms with Gasteiger partial charge >= 0.3 is 12.1 Å². The molecule has 3 aromatic rings. The van der Waals surface area contributed by atoms with Gasteiger partial charge in [-0.15, -0.1) is 0 Å². The molecule has 3 atom stereocenters. The third kappa shape index (κ3) is 6.57. The second-order valence-corrected chi connectivity index (χ2v) is 9.70. The maximum Gasteiger partial charge on any atom is 0.410 e. The fraction of sp³-hybridized carbons (Fsp3) is 0.267. The lowest BCUT2D eigenvalue weighted by Gasteiger charge is -2.29. The van der Waals surface area contributed by atoms with Gasteiger partial charge in [0, 0.05) is 24.6 Å². The molecule has 4 N–H and O–H groups in total. The monoisotopic (exact) mass is 561 g/mol. The molecule has 4 rings (SSSR count). The third-order valence-corrected chi connectivity index (χ3v) is 6.81. The summed E-state index contributed by atoms with van der Waals surface area (Å²) >= 11 is 0. The second-order valence-electron chi connectivity index (χ2n) is 9.70. The number of aromatic hydroxyl groups is 2. The molecule has 0 aromatic heterocycles. The van der Waals surface area contributed by atoms with Crippen molar-refractivity contribution in [1.29, 1.82) is 0 Å². The Labute approximate surface area is 236 Å². The molecule has 0 spiro atoms. The van der Waals surface area contributed by atoms with Crippen molar-refractivity contribution >= 4 is 23.9 Å². The summed E-state index contributed by atoms with van der Waals surface area (Å²) in [4.78, 5) is 53.3. The van der Waals surface area contributed by atoms with E-state index in [1.807, 2.05) is 6.07 Å². The number of rotatable bonds is 4. The van der Waals surface area contributed by atoms with Crippen LogP contribution in [-0.2, 0) is 36.9 Å². The number of benzene rings is 3. The summed E-state index contributed by atoms with van der Waals surface area (Å²) in [5, 5.41) is 26.6. The van der Waals surface area contributed by atoms with E-state index in [0.717, 1.165) is 10.5 Å². The number of methoxy groups -OCH3 is 1. The van der Waals surface area contributed by atoms with Crippen LogP contribution < -0.4 is 10.6 Å². The van der Waals surface area contributed by atoms with E-state index in [1.165, 1.54) is 45.3 Å². The van der Waals surface area contributed by atoms with Crippen LogP contribution in [0.1, 0.15) is 29.7 Å². The summed E-state index contributed by atoms with van der Waals surface area (Å²) in [6, 6.07) is 14.4. The Morgan fingerprint density at radius 1 is 0.927 bits per heavy atom. The number of likely N-dealkylation sites (N-methyl/N-ethyl adjacent to an activating group) is 1. The number of hydrogen-bond acceptors (Lipinski definition) is 8. The topological polar surface area (TPSA) is 154 Å². The molecule has 0 fully saturated rings. The number of carbonyl (C=O) groups excluding carboxylic acids is 4. The Balaban J connectivity index is 1.78. The molecule has 0 unspecified atom stereocenters. The van der Waals surface area contributed by atoms with Gasteiger partial charge in [-0.2, -0.15) is 0 Å². The number of phenolic OH excluding ortho intramolecular Hbond substituents is 2. The molecule has 1 aliphatic heterocycles. The summed E-state index contributed by atoms with van der Waals surface area (Å²) in [7, 11) is 2.57. The largest absolute Gasteiger partial charge is 0.507 e. The van der Waals surface area contributed by atoms with Gasteiger partial charge in [0.15, 0.2) is 0 Å². The molecule has 41 heavy (non-hydrogen) atoms. The average Bonchev–Trinajstić information content (AvgIpc) is 2.97. The van der Waals surface area contributed by atoms with Gasteiger partial charge in [0.1, 0.15) is 36.2 Å². The first kappa shape index (κ1) is 28.9. The van der Waals surface area contributed by atoms with E-state index in [-0.39, 0.29) is 41.2 Å². The van der Waals surface area contributed by atoms with Crippen molar-refractivity contribution in [2.45, 2.75) is 38.1 Å². The van der Waals surface area contributed by atoms with Gasteiger partial charge in [-0.3, -0.25) is 14.5 Å². The van der Waals surface area contributed by atoms with E-state index in [4.69, 9.17) is 9.47 Å². The Kier molecular flexibility index (Phi) is 8.76. The van der Waals surface area contributed by atoms with Gasteiger partial charge in [0.2, 0.25) is 11.8 Å². The zero-order valence-corrected chi connectivity index (χ0v) is 22.8. The van der Waals surface area contributed by atoms with Gasteiger partial charge in [0.05, 0.1) is 7.11 Å². The molecular weight excluding hydrogens is 530 g/mol. The van der Waals surface area contributed by atoms with E-state index >= 15 is 0 Å². The van der Waals surface area contributed by atoms with Crippen LogP contribution in [0.3, 0.4) is 0 Å². The number of hydrogen-bond donors (Lipinski definition) is 4. The number of nitrogens with one attached hydrogen (secondary N) is 2. The van der Waals surface area contributed by atoms with Crippen molar-refractivity contribution in [2.75, 3.05) is 14.2 Å². The van der Waals surface area contributed by atoms with Gasteiger partial charge < -0.3 is 30.3 Å². The highest BCUT2D eigenvalue weighted by atomic mass is 16.6. The minimum Gasteiger partial charge on any atom is -0.507 e. The van der Waals surface area contributed by atoms with Crippen molar-refractivity contribution in [3.63, 3.8) is 0 Å². The molecule has 0 saturated heterocycles. The molecule has 3 aromatic carbocycles. The Hall–Kier alpha value is -5.06. The molecule has 3 amide bonds. The molecule has 214 valence electrons. The molecule has 11 heteroatoms. The first-order chi connectivity index (χ1) is 19.6. The van der Waals surface area contributed by atoms with Gasteiger partial charge in [0.25, 0.3) is 0 Å². The quantitative estimate of drug-likeness (QED) is 0.355. The predicted octanol–water partition coefficient (Wildman–Crippen LogP) is 2.79. The Morgan fingerprint density at radius 2 is 1.59 bits per heavy atom. The van der Waals surface area contributed by atoms with Crippen LogP contribution in [0.15, 0.2) is 66.7 Å². The van der Waals surface area contributed by atoms with Crippen LogP contribution in [-0.4, -0.2) is 65.2 Å². The van der Waals surface area contributed by atoms with Crippen molar-refractivity contribution < 1.29 is 38.9 Å². The minimum atomic E-state index is -1.29. The molecule has 11 nitrogen and oxygen atoms in total. The zero-order chi connectivity index (χ0) is 29.7. The molecule has 4 bridgehead atoms. The fourth-order valence-corrected chi connectivity index (χ4v) is 4.57. The normalized spacial score (nSPS) is 18.8. The summed E-state index contributed by atoms with van der Waals surface area (Å²) in [6.45, 7) is 1.41. The van der Waals surface area contributed by atoms with E-state index in [9.17, 15) is 29.4 Å². The van der Waals surface area contributed by atoms with Gasteiger partial charge in [-0.1, -0.05) is 42.5 Å². The van der Waals surface area contributed by atoms with Crippen molar-refractivity contribution in [1.82, 2.24) is 15.5 Å². The first-order valence-electron chi connectivity index (χ1n) is 12.9. The van der Waals surface area contributed by atoms with Gasteiger partial charge in [-0.05, 0) is 47.9 Å².